The molecule has 0 saturated heterocycles. The van der Waals surface area contributed by atoms with Crippen molar-refractivity contribution < 1.29 is 19.6 Å². The summed E-state index contributed by atoms with van der Waals surface area (Å²) in [6.07, 6.45) is -1.68. The Balaban J connectivity index is 2.44. The number of benzene rings is 2. The van der Waals surface area contributed by atoms with Crippen LogP contribution in [0.1, 0.15) is 18.6 Å². The standard InChI is InChI=1S/C16H15NO5/c1-2-22-16(19)15(18)13-9-8-12(10-14(13)17(20)21)11-6-4-3-5-7-11/h3-10,15,18H,2H2,1H3. The summed E-state index contributed by atoms with van der Waals surface area (Å²) in [5.41, 5.74) is 1.04. The molecule has 0 fully saturated rings. The largest absolute Gasteiger partial charge is 0.464 e. The normalized spacial score (nSPS) is 11.7. The van der Waals surface area contributed by atoms with Crippen LogP contribution in [-0.4, -0.2) is 22.6 Å². The molecule has 0 saturated carbocycles. The average Bonchev–Trinajstić information content (AvgIpc) is 2.54. The molecule has 1 atom stereocenters. The first-order valence-electron chi connectivity index (χ1n) is 6.73. The monoisotopic (exact) mass is 301 g/mol. The number of nitro groups is 1. The molecule has 0 aliphatic carbocycles. The Morgan fingerprint density at radius 3 is 2.50 bits per heavy atom. The van der Waals surface area contributed by atoms with Crippen LogP contribution in [0.5, 0.6) is 0 Å². The molecule has 0 spiro atoms. The van der Waals surface area contributed by atoms with Gasteiger partial charge in [0.2, 0.25) is 0 Å². The number of rotatable bonds is 5. The van der Waals surface area contributed by atoms with Gasteiger partial charge in [-0.05, 0) is 24.1 Å². The van der Waals surface area contributed by atoms with Crippen molar-refractivity contribution in [2.75, 3.05) is 6.61 Å². The van der Waals surface area contributed by atoms with Crippen LogP contribution in [0.25, 0.3) is 11.1 Å². The van der Waals surface area contributed by atoms with Gasteiger partial charge in [-0.3, -0.25) is 10.1 Å². The zero-order valence-electron chi connectivity index (χ0n) is 11.9. The molecule has 2 rings (SSSR count). The van der Waals surface area contributed by atoms with E-state index in [1.807, 2.05) is 30.3 Å². The van der Waals surface area contributed by atoms with Gasteiger partial charge < -0.3 is 9.84 Å². The second-order valence-corrected chi connectivity index (χ2v) is 4.55. The first-order chi connectivity index (χ1) is 10.5. The summed E-state index contributed by atoms with van der Waals surface area (Å²) in [5.74, 6) is -0.905. The minimum Gasteiger partial charge on any atom is -0.464 e. The lowest BCUT2D eigenvalue weighted by molar-refractivity contribution is -0.386. The topological polar surface area (TPSA) is 89.7 Å². The van der Waals surface area contributed by atoms with E-state index in [2.05, 4.69) is 0 Å². The van der Waals surface area contributed by atoms with Crippen molar-refractivity contribution in [2.45, 2.75) is 13.0 Å². The molecule has 0 radical (unpaired) electrons. The van der Waals surface area contributed by atoms with E-state index in [-0.39, 0.29) is 17.9 Å². The van der Waals surface area contributed by atoms with Crippen molar-refractivity contribution in [1.29, 1.82) is 0 Å². The van der Waals surface area contributed by atoms with Crippen LogP contribution in [-0.2, 0) is 9.53 Å². The second-order valence-electron chi connectivity index (χ2n) is 4.55. The van der Waals surface area contributed by atoms with Crippen LogP contribution < -0.4 is 0 Å². The minimum absolute atomic E-state index is 0.0804. The van der Waals surface area contributed by atoms with Crippen LogP contribution in [0.2, 0.25) is 0 Å². The zero-order valence-corrected chi connectivity index (χ0v) is 11.9. The Morgan fingerprint density at radius 2 is 1.91 bits per heavy atom. The number of aliphatic hydroxyl groups excluding tert-OH is 1. The quantitative estimate of drug-likeness (QED) is 0.521. The summed E-state index contributed by atoms with van der Waals surface area (Å²) < 4.78 is 4.70. The van der Waals surface area contributed by atoms with Gasteiger partial charge in [0.15, 0.2) is 6.10 Å². The van der Waals surface area contributed by atoms with Crippen molar-refractivity contribution in [3.05, 3.63) is 64.2 Å². The smallest absolute Gasteiger partial charge is 0.339 e. The van der Waals surface area contributed by atoms with Crippen molar-refractivity contribution in [3.8, 4) is 11.1 Å². The SMILES string of the molecule is CCOC(=O)C(O)c1ccc(-c2ccccc2)cc1[N+](=O)[O-]. The summed E-state index contributed by atoms with van der Waals surface area (Å²) in [4.78, 5) is 22.2. The summed E-state index contributed by atoms with van der Waals surface area (Å²) in [5, 5.41) is 21.2. The third-order valence-corrected chi connectivity index (χ3v) is 3.14. The molecule has 0 aliphatic rings. The van der Waals surface area contributed by atoms with Gasteiger partial charge in [0, 0.05) is 6.07 Å². The minimum atomic E-state index is -1.68. The van der Waals surface area contributed by atoms with Gasteiger partial charge >= 0.3 is 5.97 Å². The molecule has 0 aliphatic heterocycles. The Hall–Kier alpha value is -2.73. The summed E-state index contributed by atoms with van der Waals surface area (Å²) in [7, 11) is 0. The van der Waals surface area contributed by atoms with E-state index >= 15 is 0 Å². The van der Waals surface area contributed by atoms with Crippen molar-refractivity contribution in [1.82, 2.24) is 0 Å². The van der Waals surface area contributed by atoms with Gasteiger partial charge in [-0.25, -0.2) is 4.79 Å². The maximum Gasteiger partial charge on any atom is 0.339 e. The number of hydrogen-bond acceptors (Lipinski definition) is 5. The van der Waals surface area contributed by atoms with Crippen molar-refractivity contribution >= 4 is 11.7 Å². The van der Waals surface area contributed by atoms with Gasteiger partial charge in [-0.15, -0.1) is 0 Å². The van der Waals surface area contributed by atoms with E-state index in [0.29, 0.717) is 5.56 Å². The lowest BCUT2D eigenvalue weighted by atomic mass is 10.00. The molecule has 6 nitrogen and oxygen atoms in total. The zero-order chi connectivity index (χ0) is 16.1. The summed E-state index contributed by atoms with van der Waals surface area (Å²) in [6, 6.07) is 13.5. The summed E-state index contributed by atoms with van der Waals surface area (Å²) >= 11 is 0. The third-order valence-electron chi connectivity index (χ3n) is 3.14. The number of carbonyl (C=O) groups is 1. The number of carbonyl (C=O) groups excluding carboxylic acids is 1. The molecule has 0 bridgehead atoms. The maximum absolute atomic E-state index is 11.6. The number of ether oxygens (including phenoxy) is 1. The first-order valence-corrected chi connectivity index (χ1v) is 6.73. The molecule has 2 aromatic carbocycles. The Kier molecular flexibility index (Phi) is 4.85. The Morgan fingerprint density at radius 1 is 1.23 bits per heavy atom. The lowest BCUT2D eigenvalue weighted by Gasteiger charge is -2.11. The van der Waals surface area contributed by atoms with Crippen molar-refractivity contribution in [2.24, 2.45) is 0 Å². The molecule has 22 heavy (non-hydrogen) atoms. The van der Waals surface area contributed by atoms with Crippen LogP contribution in [0, 0.1) is 10.1 Å². The fourth-order valence-electron chi connectivity index (χ4n) is 2.09. The van der Waals surface area contributed by atoms with E-state index in [9.17, 15) is 20.0 Å². The van der Waals surface area contributed by atoms with E-state index < -0.39 is 17.0 Å². The average molecular weight is 301 g/mol. The van der Waals surface area contributed by atoms with E-state index in [1.54, 1.807) is 13.0 Å². The Labute approximate surface area is 127 Å². The molecular weight excluding hydrogens is 286 g/mol. The number of nitro benzene ring substituents is 1. The first kappa shape index (κ1) is 15.7. The number of hydrogen-bond donors (Lipinski definition) is 1. The highest BCUT2D eigenvalue weighted by molar-refractivity contribution is 5.79. The van der Waals surface area contributed by atoms with Gasteiger partial charge in [0.05, 0.1) is 17.1 Å². The molecule has 0 amide bonds. The van der Waals surface area contributed by atoms with E-state index in [1.165, 1.54) is 12.1 Å². The summed E-state index contributed by atoms with van der Waals surface area (Å²) in [6.45, 7) is 1.68. The number of nitrogens with zero attached hydrogens (tertiary/aromatic N) is 1. The van der Waals surface area contributed by atoms with Gasteiger partial charge in [-0.1, -0.05) is 36.4 Å². The highest BCUT2D eigenvalue weighted by atomic mass is 16.6. The molecule has 114 valence electrons. The highest BCUT2D eigenvalue weighted by Gasteiger charge is 2.27. The second kappa shape index (κ2) is 6.82. The van der Waals surface area contributed by atoms with Crippen LogP contribution in [0.15, 0.2) is 48.5 Å². The lowest BCUT2D eigenvalue weighted by Crippen LogP contribution is -2.16. The van der Waals surface area contributed by atoms with Gasteiger partial charge in [0.25, 0.3) is 5.69 Å². The molecule has 0 aromatic heterocycles. The van der Waals surface area contributed by atoms with E-state index in [4.69, 9.17) is 4.74 Å². The number of esters is 1. The predicted molar refractivity (Wildman–Crippen MR) is 80.1 cm³/mol. The molecule has 1 N–H and O–H groups in total. The van der Waals surface area contributed by atoms with Crippen LogP contribution >= 0.6 is 0 Å². The highest BCUT2D eigenvalue weighted by Crippen LogP contribution is 2.31. The molecule has 0 heterocycles. The van der Waals surface area contributed by atoms with Gasteiger partial charge in [0.1, 0.15) is 0 Å². The third kappa shape index (κ3) is 3.29. The van der Waals surface area contributed by atoms with Crippen LogP contribution in [0.4, 0.5) is 5.69 Å². The fourth-order valence-corrected chi connectivity index (χ4v) is 2.09. The van der Waals surface area contributed by atoms with Crippen molar-refractivity contribution in [3.63, 3.8) is 0 Å². The molecule has 6 heteroatoms. The maximum atomic E-state index is 11.6. The van der Waals surface area contributed by atoms with E-state index in [0.717, 1.165) is 5.56 Å². The fraction of sp³-hybridized carbons (Fsp3) is 0.188. The molecule has 1 unspecified atom stereocenters. The predicted octanol–water partition coefficient (Wildman–Crippen LogP) is 2.86. The molecule has 2 aromatic rings. The van der Waals surface area contributed by atoms with Gasteiger partial charge in [-0.2, -0.15) is 0 Å². The van der Waals surface area contributed by atoms with Crippen LogP contribution in [0.3, 0.4) is 0 Å². The molecular formula is C16H15NO5. The number of aliphatic hydroxyl groups is 1. The Bertz CT molecular complexity index is 684.